The summed E-state index contributed by atoms with van der Waals surface area (Å²) in [6.45, 7) is 0. The predicted molar refractivity (Wildman–Crippen MR) is 37.9 cm³/mol. The molecule has 0 aromatic carbocycles. The average Bonchev–Trinajstić information content (AvgIpc) is 2.16. The molecule has 0 amide bonds. The lowest BCUT2D eigenvalue weighted by atomic mass is 10.2. The number of carbonyl (C=O) groups is 2. The normalized spacial score (nSPS) is 18.5. The van der Waals surface area contributed by atoms with Crippen molar-refractivity contribution >= 4 is 11.6 Å². The van der Waals surface area contributed by atoms with Crippen LogP contribution >= 0.6 is 0 Å². The van der Waals surface area contributed by atoms with E-state index in [1.54, 1.807) is 0 Å². The van der Waals surface area contributed by atoms with Crippen LogP contribution in [0.5, 0.6) is 0 Å². The molecule has 0 N–H and O–H groups in total. The molecule has 0 aromatic rings. The Labute approximate surface area is 62.6 Å². The first kappa shape index (κ1) is 7.53. The van der Waals surface area contributed by atoms with Gasteiger partial charge in [0.1, 0.15) is 6.04 Å². The number of hydrogen-bond acceptors (Lipinski definition) is 4. The standard InChI is InChI=1S/C7H5NO3/c9-6-3-1-5(8-11)2-4-7(6)10/h1-5H. The third-order valence-electron chi connectivity index (χ3n) is 1.25. The molecular formula is C7H5NO3. The number of carbonyl (C=O) groups excluding carboxylic acids is 2. The molecule has 0 saturated heterocycles. The minimum atomic E-state index is -0.689. The SMILES string of the molecule is O=NC1C=CC(=O)C(=O)C=C1. The van der Waals surface area contributed by atoms with Crippen molar-refractivity contribution in [3.05, 3.63) is 29.2 Å². The molecule has 0 heterocycles. The lowest BCUT2D eigenvalue weighted by molar-refractivity contribution is -0.130. The van der Waals surface area contributed by atoms with Gasteiger partial charge in [0.05, 0.1) is 0 Å². The van der Waals surface area contributed by atoms with Crippen molar-refractivity contribution in [3.63, 3.8) is 0 Å². The van der Waals surface area contributed by atoms with Gasteiger partial charge in [-0.1, -0.05) is 5.18 Å². The quantitative estimate of drug-likeness (QED) is 0.402. The van der Waals surface area contributed by atoms with E-state index in [2.05, 4.69) is 5.18 Å². The minimum absolute atomic E-state index is 0.618. The van der Waals surface area contributed by atoms with E-state index in [0.717, 1.165) is 12.2 Å². The second-order valence-electron chi connectivity index (χ2n) is 2.04. The number of allylic oxidation sites excluding steroid dienone is 2. The molecule has 0 atom stereocenters. The zero-order chi connectivity index (χ0) is 8.27. The fourth-order valence-electron chi connectivity index (χ4n) is 0.671. The Balaban J connectivity index is 2.91. The van der Waals surface area contributed by atoms with E-state index in [1.807, 2.05) is 0 Å². The first-order chi connectivity index (χ1) is 5.24. The van der Waals surface area contributed by atoms with Crippen LogP contribution in [0.4, 0.5) is 0 Å². The summed E-state index contributed by atoms with van der Waals surface area (Å²) in [6.07, 6.45) is 4.70. The number of ketones is 2. The highest BCUT2D eigenvalue weighted by atomic mass is 16.3. The van der Waals surface area contributed by atoms with Crippen LogP contribution in [0.1, 0.15) is 0 Å². The molecule has 0 aliphatic heterocycles. The van der Waals surface area contributed by atoms with E-state index in [1.165, 1.54) is 12.2 Å². The second kappa shape index (κ2) is 3.01. The van der Waals surface area contributed by atoms with Crippen LogP contribution in [0.25, 0.3) is 0 Å². The third-order valence-corrected chi connectivity index (χ3v) is 1.25. The monoisotopic (exact) mass is 151 g/mol. The van der Waals surface area contributed by atoms with Crippen molar-refractivity contribution < 1.29 is 9.59 Å². The lowest BCUT2D eigenvalue weighted by Gasteiger charge is -1.87. The Morgan fingerprint density at radius 1 is 1.09 bits per heavy atom. The van der Waals surface area contributed by atoms with Gasteiger partial charge in [0.2, 0.25) is 11.6 Å². The molecule has 1 rings (SSSR count). The van der Waals surface area contributed by atoms with Gasteiger partial charge in [0.25, 0.3) is 0 Å². The highest BCUT2D eigenvalue weighted by Crippen LogP contribution is 2.00. The maximum atomic E-state index is 10.6. The zero-order valence-electron chi connectivity index (χ0n) is 5.56. The number of hydrogen-bond donors (Lipinski definition) is 0. The van der Waals surface area contributed by atoms with E-state index in [9.17, 15) is 14.5 Å². The van der Waals surface area contributed by atoms with Crippen LogP contribution in [-0.2, 0) is 9.59 Å². The van der Waals surface area contributed by atoms with Gasteiger partial charge in [0, 0.05) is 0 Å². The molecule has 1 aliphatic carbocycles. The number of rotatable bonds is 1. The summed E-state index contributed by atoms with van der Waals surface area (Å²) >= 11 is 0. The highest BCUT2D eigenvalue weighted by Gasteiger charge is 2.11. The molecule has 1 aliphatic rings. The molecule has 0 aromatic heterocycles. The number of nitrogens with zero attached hydrogens (tertiary/aromatic N) is 1. The molecule has 0 bridgehead atoms. The van der Waals surface area contributed by atoms with E-state index in [0.29, 0.717) is 0 Å². The molecule has 0 saturated carbocycles. The smallest absolute Gasteiger partial charge is 0.225 e. The molecule has 56 valence electrons. The summed E-state index contributed by atoms with van der Waals surface area (Å²) in [4.78, 5) is 31.2. The molecule has 0 spiro atoms. The Bertz CT molecular complexity index is 241. The van der Waals surface area contributed by atoms with Crippen LogP contribution in [0.2, 0.25) is 0 Å². The molecule has 0 fully saturated rings. The van der Waals surface area contributed by atoms with Gasteiger partial charge in [-0.25, -0.2) is 0 Å². The summed E-state index contributed by atoms with van der Waals surface area (Å²) in [5, 5.41) is 2.65. The fraction of sp³-hybridized carbons (Fsp3) is 0.143. The van der Waals surface area contributed by atoms with Gasteiger partial charge in [-0.2, -0.15) is 0 Å². The van der Waals surface area contributed by atoms with Crippen molar-refractivity contribution in [2.45, 2.75) is 6.04 Å². The van der Waals surface area contributed by atoms with E-state index in [-0.39, 0.29) is 0 Å². The fourth-order valence-corrected chi connectivity index (χ4v) is 0.671. The van der Waals surface area contributed by atoms with Crippen LogP contribution < -0.4 is 0 Å². The molecule has 11 heavy (non-hydrogen) atoms. The first-order valence-electron chi connectivity index (χ1n) is 3.01. The zero-order valence-corrected chi connectivity index (χ0v) is 5.56. The van der Waals surface area contributed by atoms with Crippen LogP contribution in [0, 0.1) is 4.91 Å². The Kier molecular flexibility index (Phi) is 2.06. The van der Waals surface area contributed by atoms with Crippen molar-refractivity contribution in [2.75, 3.05) is 0 Å². The summed E-state index contributed by atoms with van der Waals surface area (Å²) < 4.78 is 0. The van der Waals surface area contributed by atoms with Gasteiger partial charge < -0.3 is 0 Å². The summed E-state index contributed by atoms with van der Waals surface area (Å²) in [6, 6.07) is -0.689. The van der Waals surface area contributed by atoms with Crippen molar-refractivity contribution in [2.24, 2.45) is 5.18 Å². The van der Waals surface area contributed by atoms with Gasteiger partial charge in [-0.15, -0.1) is 4.91 Å². The number of nitroso groups, excluding NO2 is 1. The van der Waals surface area contributed by atoms with Gasteiger partial charge in [-0.05, 0) is 24.3 Å². The van der Waals surface area contributed by atoms with Gasteiger partial charge >= 0.3 is 0 Å². The molecule has 0 unspecified atom stereocenters. The Morgan fingerprint density at radius 2 is 1.55 bits per heavy atom. The Hall–Kier alpha value is -1.58. The maximum Gasteiger partial charge on any atom is 0.225 e. The van der Waals surface area contributed by atoms with Crippen molar-refractivity contribution in [1.29, 1.82) is 0 Å². The summed E-state index contributed by atoms with van der Waals surface area (Å²) in [7, 11) is 0. The molecule has 4 heteroatoms. The topological polar surface area (TPSA) is 63.6 Å². The second-order valence-corrected chi connectivity index (χ2v) is 2.04. The molecular weight excluding hydrogens is 146 g/mol. The maximum absolute atomic E-state index is 10.6. The largest absolute Gasteiger partial charge is 0.286 e. The summed E-state index contributed by atoms with van der Waals surface area (Å²) in [5.74, 6) is -1.24. The van der Waals surface area contributed by atoms with Crippen molar-refractivity contribution in [1.82, 2.24) is 0 Å². The van der Waals surface area contributed by atoms with Crippen LogP contribution in [-0.4, -0.2) is 17.6 Å². The Morgan fingerprint density at radius 3 is 1.91 bits per heavy atom. The minimum Gasteiger partial charge on any atom is -0.286 e. The van der Waals surface area contributed by atoms with Crippen LogP contribution in [0.3, 0.4) is 0 Å². The lowest BCUT2D eigenvalue weighted by Crippen LogP contribution is -2.05. The van der Waals surface area contributed by atoms with E-state index < -0.39 is 17.6 Å². The average molecular weight is 151 g/mol. The van der Waals surface area contributed by atoms with Crippen molar-refractivity contribution in [3.8, 4) is 0 Å². The summed E-state index contributed by atoms with van der Waals surface area (Å²) in [5.41, 5.74) is 0. The van der Waals surface area contributed by atoms with E-state index >= 15 is 0 Å². The predicted octanol–water partition coefficient (Wildman–Crippen LogP) is 0.386. The first-order valence-corrected chi connectivity index (χ1v) is 3.01. The van der Waals surface area contributed by atoms with Gasteiger partial charge in [-0.3, -0.25) is 9.59 Å². The van der Waals surface area contributed by atoms with Gasteiger partial charge in [0.15, 0.2) is 0 Å². The third kappa shape index (κ3) is 1.67. The molecule has 0 radical (unpaired) electrons. The van der Waals surface area contributed by atoms with Crippen LogP contribution in [0.15, 0.2) is 29.5 Å². The highest BCUT2D eigenvalue weighted by molar-refractivity contribution is 6.45. The molecule has 4 nitrogen and oxygen atoms in total. The van der Waals surface area contributed by atoms with E-state index in [4.69, 9.17) is 0 Å².